The van der Waals surface area contributed by atoms with Crippen LogP contribution in [-0.2, 0) is 9.84 Å². The minimum atomic E-state index is -3.18. The minimum Gasteiger partial charge on any atom is -0.384 e. The first-order valence-corrected chi connectivity index (χ1v) is 8.82. The van der Waals surface area contributed by atoms with E-state index < -0.39 is 9.84 Å². The van der Waals surface area contributed by atoms with Gasteiger partial charge in [-0.1, -0.05) is 20.8 Å². The SMILES string of the molecule is CCN(CC)CCCNc1cncc(S(=O)(=O)CC)c1. The Balaban J connectivity index is 2.51. The van der Waals surface area contributed by atoms with E-state index in [4.69, 9.17) is 0 Å². The highest BCUT2D eigenvalue weighted by atomic mass is 32.2. The van der Waals surface area contributed by atoms with Crippen LogP contribution in [0.2, 0.25) is 0 Å². The monoisotopic (exact) mass is 299 g/mol. The maximum absolute atomic E-state index is 11.8. The number of pyridine rings is 1. The molecule has 20 heavy (non-hydrogen) atoms. The number of hydrogen-bond acceptors (Lipinski definition) is 5. The summed E-state index contributed by atoms with van der Waals surface area (Å²) in [5, 5.41) is 3.23. The van der Waals surface area contributed by atoms with Crippen molar-refractivity contribution in [3.63, 3.8) is 0 Å². The number of nitrogens with zero attached hydrogens (tertiary/aromatic N) is 2. The molecule has 0 aliphatic rings. The molecule has 0 aliphatic carbocycles. The highest BCUT2D eigenvalue weighted by Gasteiger charge is 2.12. The van der Waals surface area contributed by atoms with Gasteiger partial charge < -0.3 is 10.2 Å². The molecule has 0 aromatic carbocycles. The van der Waals surface area contributed by atoms with Crippen LogP contribution in [0.3, 0.4) is 0 Å². The van der Waals surface area contributed by atoms with Gasteiger partial charge in [-0.3, -0.25) is 4.98 Å². The Morgan fingerprint density at radius 3 is 2.50 bits per heavy atom. The molecule has 6 heteroatoms. The smallest absolute Gasteiger partial charge is 0.179 e. The molecule has 0 aliphatic heterocycles. The maximum Gasteiger partial charge on any atom is 0.179 e. The van der Waals surface area contributed by atoms with Crippen LogP contribution >= 0.6 is 0 Å². The van der Waals surface area contributed by atoms with E-state index in [-0.39, 0.29) is 10.6 Å². The van der Waals surface area contributed by atoms with Gasteiger partial charge in [-0.05, 0) is 32.1 Å². The van der Waals surface area contributed by atoms with E-state index in [1.807, 2.05) is 0 Å². The number of hydrogen-bond donors (Lipinski definition) is 1. The lowest BCUT2D eigenvalue weighted by Gasteiger charge is -2.17. The zero-order valence-corrected chi connectivity index (χ0v) is 13.4. The summed E-state index contributed by atoms with van der Waals surface area (Å²) in [5.41, 5.74) is 0.763. The Hall–Kier alpha value is -1.14. The van der Waals surface area contributed by atoms with Crippen LogP contribution in [-0.4, -0.2) is 50.2 Å². The van der Waals surface area contributed by atoms with Crippen LogP contribution < -0.4 is 5.32 Å². The zero-order chi connectivity index (χ0) is 15.0. The molecule has 1 aromatic heterocycles. The third kappa shape index (κ3) is 5.09. The first-order valence-electron chi connectivity index (χ1n) is 7.17. The second kappa shape index (κ2) is 8.21. The standard InChI is InChI=1S/C14H25N3O2S/c1-4-17(5-2)9-7-8-16-13-10-14(12-15-11-13)20(18,19)6-3/h10-12,16H,4-9H2,1-3H3. The van der Waals surface area contributed by atoms with Gasteiger partial charge in [0.2, 0.25) is 0 Å². The molecular weight excluding hydrogens is 274 g/mol. The topological polar surface area (TPSA) is 62.3 Å². The minimum absolute atomic E-state index is 0.0973. The van der Waals surface area contributed by atoms with Crippen molar-refractivity contribution in [1.82, 2.24) is 9.88 Å². The number of rotatable bonds is 9. The molecule has 1 aromatic rings. The van der Waals surface area contributed by atoms with Crippen molar-refractivity contribution in [3.05, 3.63) is 18.5 Å². The third-order valence-corrected chi connectivity index (χ3v) is 5.03. The van der Waals surface area contributed by atoms with Crippen molar-refractivity contribution in [2.24, 2.45) is 0 Å². The van der Waals surface area contributed by atoms with E-state index in [9.17, 15) is 8.42 Å². The summed E-state index contributed by atoms with van der Waals surface area (Å²) >= 11 is 0. The Bertz CT molecular complexity index is 499. The quantitative estimate of drug-likeness (QED) is 0.707. The van der Waals surface area contributed by atoms with Crippen molar-refractivity contribution in [2.75, 3.05) is 37.2 Å². The second-order valence-corrected chi connectivity index (χ2v) is 6.90. The summed E-state index contributed by atoms with van der Waals surface area (Å²) in [4.78, 5) is 6.64. The van der Waals surface area contributed by atoms with Gasteiger partial charge >= 0.3 is 0 Å². The van der Waals surface area contributed by atoms with Crippen molar-refractivity contribution in [2.45, 2.75) is 32.1 Å². The molecule has 0 atom stereocenters. The fourth-order valence-corrected chi connectivity index (χ4v) is 2.79. The normalized spacial score (nSPS) is 11.8. The lowest BCUT2D eigenvalue weighted by atomic mass is 10.3. The van der Waals surface area contributed by atoms with Crippen LogP contribution in [0.25, 0.3) is 0 Å². The molecule has 0 saturated carbocycles. The van der Waals surface area contributed by atoms with E-state index in [0.29, 0.717) is 0 Å². The average molecular weight is 299 g/mol. The Morgan fingerprint density at radius 1 is 1.20 bits per heavy atom. The maximum atomic E-state index is 11.8. The van der Waals surface area contributed by atoms with Crippen LogP contribution in [0, 0.1) is 0 Å². The molecule has 1 rings (SSSR count). The first kappa shape index (κ1) is 16.9. The Kier molecular flexibility index (Phi) is 6.95. The summed E-state index contributed by atoms with van der Waals surface area (Å²) in [5.74, 6) is 0.0973. The lowest BCUT2D eigenvalue weighted by molar-refractivity contribution is 0.303. The van der Waals surface area contributed by atoms with Gasteiger partial charge in [0, 0.05) is 12.7 Å². The summed E-state index contributed by atoms with van der Waals surface area (Å²) in [6, 6.07) is 1.66. The predicted molar refractivity (Wildman–Crippen MR) is 82.9 cm³/mol. The fourth-order valence-electron chi connectivity index (χ4n) is 1.93. The molecule has 114 valence electrons. The predicted octanol–water partition coefficient (Wildman–Crippen LogP) is 2.02. The molecular formula is C14H25N3O2S. The molecule has 0 radical (unpaired) electrons. The van der Waals surface area contributed by atoms with Gasteiger partial charge in [-0.25, -0.2) is 8.42 Å². The van der Waals surface area contributed by atoms with Crippen LogP contribution in [0.15, 0.2) is 23.4 Å². The van der Waals surface area contributed by atoms with E-state index in [1.165, 1.54) is 6.20 Å². The number of sulfone groups is 1. The second-order valence-electron chi connectivity index (χ2n) is 4.62. The summed E-state index contributed by atoms with van der Waals surface area (Å²) < 4.78 is 23.6. The number of nitrogens with one attached hydrogen (secondary N) is 1. The molecule has 5 nitrogen and oxygen atoms in total. The summed E-state index contributed by atoms with van der Waals surface area (Å²) in [7, 11) is -3.18. The number of aromatic nitrogens is 1. The van der Waals surface area contributed by atoms with Crippen molar-refractivity contribution in [3.8, 4) is 0 Å². The number of anilines is 1. The van der Waals surface area contributed by atoms with Crippen LogP contribution in [0.4, 0.5) is 5.69 Å². The third-order valence-electron chi connectivity index (χ3n) is 3.33. The molecule has 1 heterocycles. The first-order chi connectivity index (χ1) is 9.53. The zero-order valence-electron chi connectivity index (χ0n) is 12.6. The molecule has 0 unspecified atom stereocenters. The van der Waals surface area contributed by atoms with E-state index in [1.54, 1.807) is 19.2 Å². The highest BCUT2D eigenvalue weighted by Crippen LogP contribution is 2.14. The highest BCUT2D eigenvalue weighted by molar-refractivity contribution is 7.91. The van der Waals surface area contributed by atoms with Gasteiger partial charge in [0.1, 0.15) is 0 Å². The molecule has 0 amide bonds. The van der Waals surface area contributed by atoms with Crippen molar-refractivity contribution in [1.29, 1.82) is 0 Å². The van der Waals surface area contributed by atoms with Crippen molar-refractivity contribution >= 4 is 15.5 Å². The van der Waals surface area contributed by atoms with Crippen LogP contribution in [0.5, 0.6) is 0 Å². The molecule has 0 fully saturated rings. The molecule has 0 spiro atoms. The average Bonchev–Trinajstić information content (AvgIpc) is 2.48. The Morgan fingerprint density at radius 2 is 1.90 bits per heavy atom. The van der Waals surface area contributed by atoms with Gasteiger partial charge in [0.25, 0.3) is 0 Å². The van der Waals surface area contributed by atoms with Gasteiger partial charge in [-0.2, -0.15) is 0 Å². The molecule has 1 N–H and O–H groups in total. The lowest BCUT2D eigenvalue weighted by Crippen LogP contribution is -2.25. The largest absolute Gasteiger partial charge is 0.384 e. The molecule has 0 saturated heterocycles. The fraction of sp³-hybridized carbons (Fsp3) is 0.643. The van der Waals surface area contributed by atoms with Gasteiger partial charge in [-0.15, -0.1) is 0 Å². The van der Waals surface area contributed by atoms with Crippen molar-refractivity contribution < 1.29 is 8.42 Å². The van der Waals surface area contributed by atoms with E-state index in [0.717, 1.165) is 38.3 Å². The molecule has 0 bridgehead atoms. The van der Waals surface area contributed by atoms with E-state index in [2.05, 4.69) is 29.0 Å². The van der Waals surface area contributed by atoms with Gasteiger partial charge in [0.15, 0.2) is 9.84 Å². The Labute approximate surface area is 122 Å². The summed E-state index contributed by atoms with van der Waals surface area (Å²) in [6.45, 7) is 9.91. The van der Waals surface area contributed by atoms with Gasteiger partial charge in [0.05, 0.1) is 22.5 Å². The van der Waals surface area contributed by atoms with Crippen LogP contribution in [0.1, 0.15) is 27.2 Å². The summed E-state index contributed by atoms with van der Waals surface area (Å²) in [6.07, 6.45) is 4.08. The van der Waals surface area contributed by atoms with E-state index >= 15 is 0 Å².